The standard InChI is InChI=1S/C9H7F6N/c10-5-3-1-2-4(9(13,14)15)6(5)7(16)8(11)12/h1-3,7-8H,16H2/t7-/m1/s1. The van der Waals surface area contributed by atoms with Gasteiger partial charge in [0.1, 0.15) is 5.82 Å². The minimum Gasteiger partial charge on any atom is -0.319 e. The summed E-state index contributed by atoms with van der Waals surface area (Å²) in [5, 5.41) is 0. The molecule has 7 heteroatoms. The second-order valence-electron chi connectivity index (χ2n) is 3.06. The van der Waals surface area contributed by atoms with Gasteiger partial charge in [0.05, 0.1) is 11.6 Å². The normalized spacial score (nSPS) is 14.2. The number of benzene rings is 1. The van der Waals surface area contributed by atoms with E-state index in [4.69, 9.17) is 5.73 Å². The molecule has 0 radical (unpaired) electrons. The van der Waals surface area contributed by atoms with E-state index >= 15 is 0 Å². The van der Waals surface area contributed by atoms with Crippen LogP contribution in [0.4, 0.5) is 26.3 Å². The van der Waals surface area contributed by atoms with Gasteiger partial charge in [-0.3, -0.25) is 0 Å². The van der Waals surface area contributed by atoms with Crippen LogP contribution >= 0.6 is 0 Å². The van der Waals surface area contributed by atoms with Crippen molar-refractivity contribution in [3.8, 4) is 0 Å². The predicted octanol–water partition coefficient (Wildman–Crippen LogP) is 3.11. The number of halogens is 6. The second kappa shape index (κ2) is 4.32. The number of nitrogens with two attached hydrogens (primary N) is 1. The second-order valence-corrected chi connectivity index (χ2v) is 3.06. The molecule has 1 aromatic carbocycles. The van der Waals surface area contributed by atoms with Gasteiger partial charge in [0.15, 0.2) is 0 Å². The molecular weight excluding hydrogens is 236 g/mol. The molecule has 2 N–H and O–H groups in total. The Balaban J connectivity index is 3.35. The molecule has 1 aromatic rings. The van der Waals surface area contributed by atoms with E-state index in [0.717, 1.165) is 6.07 Å². The highest BCUT2D eigenvalue weighted by atomic mass is 19.4. The molecule has 0 heterocycles. The molecule has 1 atom stereocenters. The van der Waals surface area contributed by atoms with Crippen molar-refractivity contribution in [3.63, 3.8) is 0 Å². The average molecular weight is 243 g/mol. The summed E-state index contributed by atoms with van der Waals surface area (Å²) in [5.74, 6) is -1.39. The Labute approximate surface area is 86.9 Å². The van der Waals surface area contributed by atoms with Gasteiger partial charge in [-0.2, -0.15) is 13.2 Å². The molecule has 0 aliphatic rings. The van der Waals surface area contributed by atoms with Crippen LogP contribution in [-0.2, 0) is 6.18 Å². The Kier molecular flexibility index (Phi) is 3.47. The van der Waals surface area contributed by atoms with Crippen LogP contribution in [0, 0.1) is 5.82 Å². The lowest BCUT2D eigenvalue weighted by Crippen LogP contribution is -2.24. The van der Waals surface area contributed by atoms with Gasteiger partial charge in [-0.25, -0.2) is 13.2 Å². The van der Waals surface area contributed by atoms with Crippen LogP contribution in [0.2, 0.25) is 0 Å². The van der Waals surface area contributed by atoms with Crippen LogP contribution in [0.5, 0.6) is 0 Å². The largest absolute Gasteiger partial charge is 0.416 e. The van der Waals surface area contributed by atoms with Crippen molar-refractivity contribution in [1.29, 1.82) is 0 Å². The fourth-order valence-corrected chi connectivity index (χ4v) is 1.25. The maximum Gasteiger partial charge on any atom is 0.416 e. The van der Waals surface area contributed by atoms with E-state index in [1.165, 1.54) is 0 Å². The minimum atomic E-state index is -4.91. The van der Waals surface area contributed by atoms with E-state index in [-0.39, 0.29) is 0 Å². The fraction of sp³-hybridized carbons (Fsp3) is 0.333. The van der Waals surface area contributed by atoms with Crippen molar-refractivity contribution in [2.75, 3.05) is 0 Å². The van der Waals surface area contributed by atoms with Crippen molar-refractivity contribution in [2.24, 2.45) is 5.73 Å². The van der Waals surface area contributed by atoms with Crippen molar-refractivity contribution < 1.29 is 26.3 Å². The van der Waals surface area contributed by atoms with Crippen molar-refractivity contribution in [1.82, 2.24) is 0 Å². The summed E-state index contributed by atoms with van der Waals surface area (Å²) in [6.45, 7) is 0. The topological polar surface area (TPSA) is 26.0 Å². The monoisotopic (exact) mass is 243 g/mol. The van der Waals surface area contributed by atoms with Gasteiger partial charge in [0.25, 0.3) is 6.43 Å². The average Bonchev–Trinajstić information content (AvgIpc) is 2.14. The van der Waals surface area contributed by atoms with E-state index in [2.05, 4.69) is 0 Å². The van der Waals surface area contributed by atoms with Crippen molar-refractivity contribution in [2.45, 2.75) is 18.6 Å². The molecule has 0 aromatic heterocycles. The molecule has 1 rings (SSSR count). The number of rotatable bonds is 2. The molecule has 0 unspecified atom stereocenters. The van der Waals surface area contributed by atoms with Crippen LogP contribution in [-0.4, -0.2) is 6.43 Å². The third kappa shape index (κ3) is 2.46. The quantitative estimate of drug-likeness (QED) is 0.793. The van der Waals surface area contributed by atoms with E-state index in [0.29, 0.717) is 12.1 Å². The smallest absolute Gasteiger partial charge is 0.319 e. The molecule has 0 aliphatic carbocycles. The van der Waals surface area contributed by atoms with Gasteiger partial charge in [0.2, 0.25) is 0 Å². The van der Waals surface area contributed by atoms with E-state index in [9.17, 15) is 26.3 Å². The zero-order chi connectivity index (χ0) is 12.5. The minimum absolute atomic E-state index is 0.515. The SMILES string of the molecule is N[C@H](c1c(F)cccc1C(F)(F)F)C(F)F. The molecular formula is C9H7F6N. The summed E-state index contributed by atoms with van der Waals surface area (Å²) < 4.78 is 74.6. The van der Waals surface area contributed by atoms with Crippen LogP contribution in [0.25, 0.3) is 0 Å². The summed E-state index contributed by atoms with van der Waals surface area (Å²) >= 11 is 0. The highest BCUT2D eigenvalue weighted by Gasteiger charge is 2.37. The molecule has 0 fully saturated rings. The summed E-state index contributed by atoms with van der Waals surface area (Å²) in [7, 11) is 0. The lowest BCUT2D eigenvalue weighted by Gasteiger charge is -2.18. The molecule has 16 heavy (non-hydrogen) atoms. The zero-order valence-corrected chi connectivity index (χ0v) is 7.73. The van der Waals surface area contributed by atoms with Crippen molar-refractivity contribution >= 4 is 0 Å². The number of hydrogen-bond donors (Lipinski definition) is 1. The zero-order valence-electron chi connectivity index (χ0n) is 7.73. The number of hydrogen-bond acceptors (Lipinski definition) is 1. The first-order valence-electron chi connectivity index (χ1n) is 4.14. The maximum atomic E-state index is 13.1. The van der Waals surface area contributed by atoms with Gasteiger partial charge in [-0.15, -0.1) is 0 Å². The fourth-order valence-electron chi connectivity index (χ4n) is 1.25. The summed E-state index contributed by atoms with van der Waals surface area (Å²) in [6, 6.07) is -0.328. The van der Waals surface area contributed by atoms with Gasteiger partial charge in [-0.05, 0) is 12.1 Å². The Morgan fingerprint density at radius 1 is 1.12 bits per heavy atom. The van der Waals surface area contributed by atoms with Gasteiger partial charge in [0, 0.05) is 5.56 Å². The van der Waals surface area contributed by atoms with Crippen LogP contribution < -0.4 is 5.73 Å². The first-order valence-corrected chi connectivity index (χ1v) is 4.14. The molecule has 0 spiro atoms. The molecule has 0 saturated heterocycles. The Morgan fingerprint density at radius 3 is 2.12 bits per heavy atom. The van der Waals surface area contributed by atoms with Crippen LogP contribution in [0.15, 0.2) is 18.2 Å². The van der Waals surface area contributed by atoms with E-state index < -0.39 is 35.6 Å². The van der Waals surface area contributed by atoms with Crippen LogP contribution in [0.1, 0.15) is 17.2 Å². The third-order valence-corrected chi connectivity index (χ3v) is 1.96. The molecule has 0 bridgehead atoms. The Morgan fingerprint density at radius 2 is 1.69 bits per heavy atom. The van der Waals surface area contributed by atoms with Crippen molar-refractivity contribution in [3.05, 3.63) is 35.1 Å². The molecule has 1 nitrogen and oxygen atoms in total. The third-order valence-electron chi connectivity index (χ3n) is 1.96. The molecule has 0 amide bonds. The maximum absolute atomic E-state index is 13.1. The van der Waals surface area contributed by atoms with E-state index in [1.807, 2.05) is 0 Å². The van der Waals surface area contributed by atoms with Gasteiger partial charge < -0.3 is 5.73 Å². The predicted molar refractivity (Wildman–Crippen MR) is 44.3 cm³/mol. The van der Waals surface area contributed by atoms with Crippen LogP contribution in [0.3, 0.4) is 0 Å². The van der Waals surface area contributed by atoms with Gasteiger partial charge >= 0.3 is 6.18 Å². The highest BCUT2D eigenvalue weighted by Crippen LogP contribution is 2.36. The molecule has 90 valence electrons. The number of alkyl halides is 5. The first-order chi connectivity index (χ1) is 7.25. The Bertz CT molecular complexity index is 373. The van der Waals surface area contributed by atoms with Gasteiger partial charge in [-0.1, -0.05) is 6.07 Å². The first kappa shape index (κ1) is 12.8. The summed E-state index contributed by atoms with van der Waals surface area (Å²) in [4.78, 5) is 0. The Hall–Kier alpha value is -1.24. The lowest BCUT2D eigenvalue weighted by molar-refractivity contribution is -0.138. The molecule has 0 aliphatic heterocycles. The van der Waals surface area contributed by atoms with E-state index in [1.54, 1.807) is 0 Å². The molecule has 0 saturated carbocycles. The lowest BCUT2D eigenvalue weighted by atomic mass is 10.00. The summed E-state index contributed by atoms with van der Waals surface area (Å²) in [5.41, 5.74) is 2.17. The summed E-state index contributed by atoms with van der Waals surface area (Å²) in [6.07, 6.45) is -8.18. The highest BCUT2D eigenvalue weighted by molar-refractivity contribution is 5.34.